The van der Waals surface area contributed by atoms with Gasteiger partial charge in [-0.05, 0) is 0 Å². The van der Waals surface area contributed by atoms with Crippen LogP contribution in [0.3, 0.4) is 0 Å². The minimum atomic E-state index is -0.0368. The molecule has 0 unspecified atom stereocenters. The van der Waals surface area contributed by atoms with Crippen LogP contribution in [0.25, 0.3) is 10.6 Å². The largest absolute Gasteiger partial charge is 0.361 e. The van der Waals surface area contributed by atoms with Gasteiger partial charge in [-0.15, -0.1) is 11.3 Å². The predicted octanol–water partition coefficient (Wildman–Crippen LogP) is 3.00. The quantitative estimate of drug-likeness (QED) is 0.730. The minimum absolute atomic E-state index is 0.0368. The maximum Gasteiger partial charge on any atom is 0.273 e. The summed E-state index contributed by atoms with van der Waals surface area (Å²) in [5.41, 5.74) is 2.52. The van der Waals surface area contributed by atoms with Crippen molar-refractivity contribution in [3.63, 3.8) is 0 Å². The highest BCUT2D eigenvalue weighted by atomic mass is 32.1. The monoisotopic (exact) mass is 311 g/mol. The molecule has 3 aromatic rings. The number of rotatable bonds is 2. The summed E-state index contributed by atoms with van der Waals surface area (Å²) in [5.74, 6) is 0.845. The zero-order chi connectivity index (χ0) is 14.9. The highest BCUT2D eigenvalue weighted by molar-refractivity contribution is 7.13. The second-order valence-electron chi connectivity index (χ2n) is 5.15. The SMILES string of the molecule is O=C(c1csc(-c2ccccc2)n1)N1CCc2oncc2C1. The highest BCUT2D eigenvalue weighted by Crippen LogP contribution is 2.25. The molecule has 2 aromatic heterocycles. The van der Waals surface area contributed by atoms with E-state index in [1.54, 1.807) is 11.1 Å². The average molecular weight is 311 g/mol. The molecular formula is C16H13N3O2S. The molecule has 0 radical (unpaired) electrons. The summed E-state index contributed by atoms with van der Waals surface area (Å²) < 4.78 is 5.15. The Balaban J connectivity index is 1.56. The second-order valence-corrected chi connectivity index (χ2v) is 6.01. The maximum absolute atomic E-state index is 12.6. The topological polar surface area (TPSA) is 59.2 Å². The average Bonchev–Trinajstić information content (AvgIpc) is 3.23. The number of carbonyl (C=O) groups excluding carboxylic acids is 1. The number of amides is 1. The number of hydrogen-bond acceptors (Lipinski definition) is 5. The lowest BCUT2D eigenvalue weighted by molar-refractivity contribution is 0.0724. The Morgan fingerprint density at radius 1 is 1.27 bits per heavy atom. The lowest BCUT2D eigenvalue weighted by Gasteiger charge is -2.24. The van der Waals surface area contributed by atoms with Gasteiger partial charge in [-0.1, -0.05) is 35.5 Å². The molecule has 5 nitrogen and oxygen atoms in total. The van der Waals surface area contributed by atoms with Crippen LogP contribution in [0.15, 0.2) is 46.4 Å². The molecule has 0 atom stereocenters. The summed E-state index contributed by atoms with van der Waals surface area (Å²) in [7, 11) is 0. The van der Waals surface area contributed by atoms with Crippen LogP contribution in [-0.4, -0.2) is 27.5 Å². The molecule has 1 amide bonds. The van der Waals surface area contributed by atoms with Gasteiger partial charge in [0.25, 0.3) is 5.91 Å². The molecule has 1 aliphatic heterocycles. The zero-order valence-corrected chi connectivity index (χ0v) is 12.5. The van der Waals surface area contributed by atoms with Crippen molar-refractivity contribution in [3.05, 3.63) is 58.9 Å². The Morgan fingerprint density at radius 3 is 3.00 bits per heavy atom. The summed E-state index contributed by atoms with van der Waals surface area (Å²) >= 11 is 1.49. The molecule has 1 aliphatic rings. The molecular weight excluding hydrogens is 298 g/mol. The molecule has 4 rings (SSSR count). The Labute approximate surface area is 131 Å². The van der Waals surface area contributed by atoms with Crippen LogP contribution in [0.5, 0.6) is 0 Å². The number of nitrogens with zero attached hydrogens (tertiary/aromatic N) is 3. The number of fused-ring (bicyclic) bond motifs is 1. The maximum atomic E-state index is 12.6. The van der Waals surface area contributed by atoms with E-state index in [1.807, 2.05) is 35.7 Å². The van der Waals surface area contributed by atoms with Crippen LogP contribution in [0.1, 0.15) is 21.8 Å². The first-order valence-corrected chi connectivity index (χ1v) is 7.92. The smallest absolute Gasteiger partial charge is 0.273 e. The van der Waals surface area contributed by atoms with Crippen molar-refractivity contribution in [3.8, 4) is 10.6 Å². The van der Waals surface area contributed by atoms with Crippen molar-refractivity contribution in [1.29, 1.82) is 0 Å². The first-order chi connectivity index (χ1) is 10.8. The van der Waals surface area contributed by atoms with Crippen LogP contribution in [0.4, 0.5) is 0 Å². The van der Waals surface area contributed by atoms with Crippen LogP contribution >= 0.6 is 11.3 Å². The normalized spacial score (nSPS) is 13.9. The third kappa shape index (κ3) is 2.31. The fraction of sp³-hybridized carbons (Fsp3) is 0.188. The van der Waals surface area contributed by atoms with Crippen molar-refractivity contribution < 1.29 is 9.32 Å². The Kier molecular flexibility index (Phi) is 3.23. The van der Waals surface area contributed by atoms with E-state index in [-0.39, 0.29) is 5.91 Å². The molecule has 110 valence electrons. The van der Waals surface area contributed by atoms with Gasteiger partial charge in [-0.2, -0.15) is 0 Å². The molecule has 22 heavy (non-hydrogen) atoms. The van der Waals surface area contributed by atoms with Crippen molar-refractivity contribution in [2.24, 2.45) is 0 Å². The van der Waals surface area contributed by atoms with Gasteiger partial charge in [0.1, 0.15) is 16.5 Å². The van der Waals surface area contributed by atoms with Crippen LogP contribution in [-0.2, 0) is 13.0 Å². The standard InChI is InChI=1S/C16H13N3O2S/c20-16(19-7-6-14-12(9-19)8-17-21-14)13-10-22-15(18-13)11-4-2-1-3-5-11/h1-5,8,10H,6-7,9H2. The van der Waals surface area contributed by atoms with Gasteiger partial charge >= 0.3 is 0 Å². The molecule has 0 saturated carbocycles. The van der Waals surface area contributed by atoms with E-state index in [2.05, 4.69) is 10.1 Å². The van der Waals surface area contributed by atoms with E-state index in [4.69, 9.17) is 4.52 Å². The molecule has 0 bridgehead atoms. The summed E-state index contributed by atoms with van der Waals surface area (Å²) in [6.45, 7) is 1.18. The molecule has 6 heteroatoms. The Bertz CT molecular complexity index is 810. The molecule has 0 spiro atoms. The molecule has 0 aliphatic carbocycles. The first kappa shape index (κ1) is 13.2. The van der Waals surface area contributed by atoms with Gasteiger partial charge in [0.2, 0.25) is 0 Å². The second kappa shape index (κ2) is 5.38. The van der Waals surface area contributed by atoms with Gasteiger partial charge in [0, 0.05) is 29.5 Å². The van der Waals surface area contributed by atoms with Gasteiger partial charge in [0.05, 0.1) is 12.7 Å². The van der Waals surface area contributed by atoms with Crippen molar-refractivity contribution >= 4 is 17.2 Å². The lowest BCUT2D eigenvalue weighted by Crippen LogP contribution is -2.35. The van der Waals surface area contributed by atoms with E-state index in [0.29, 0.717) is 25.2 Å². The number of carbonyl (C=O) groups is 1. The summed E-state index contributed by atoms with van der Waals surface area (Å²) in [6, 6.07) is 9.90. The van der Waals surface area contributed by atoms with Gasteiger partial charge in [-0.25, -0.2) is 4.98 Å². The van der Waals surface area contributed by atoms with Crippen LogP contribution in [0.2, 0.25) is 0 Å². The van der Waals surface area contributed by atoms with E-state index in [0.717, 1.165) is 21.9 Å². The van der Waals surface area contributed by atoms with E-state index < -0.39 is 0 Å². The summed E-state index contributed by atoms with van der Waals surface area (Å²) in [5, 5.41) is 6.48. The van der Waals surface area contributed by atoms with Gasteiger partial charge in [-0.3, -0.25) is 4.79 Å². The minimum Gasteiger partial charge on any atom is -0.361 e. The predicted molar refractivity (Wildman–Crippen MR) is 82.5 cm³/mol. The molecule has 0 saturated heterocycles. The molecule has 0 N–H and O–H groups in total. The Morgan fingerprint density at radius 2 is 2.14 bits per heavy atom. The van der Waals surface area contributed by atoms with Crippen molar-refractivity contribution in [2.45, 2.75) is 13.0 Å². The first-order valence-electron chi connectivity index (χ1n) is 7.04. The fourth-order valence-electron chi connectivity index (χ4n) is 2.56. The number of aromatic nitrogens is 2. The van der Waals surface area contributed by atoms with E-state index in [1.165, 1.54) is 11.3 Å². The van der Waals surface area contributed by atoms with Crippen LogP contribution in [0, 0.1) is 0 Å². The third-order valence-electron chi connectivity index (χ3n) is 3.73. The molecule has 3 heterocycles. The van der Waals surface area contributed by atoms with Gasteiger partial charge in [0.15, 0.2) is 0 Å². The van der Waals surface area contributed by atoms with Gasteiger partial charge < -0.3 is 9.42 Å². The zero-order valence-electron chi connectivity index (χ0n) is 11.7. The lowest BCUT2D eigenvalue weighted by atomic mass is 10.1. The van der Waals surface area contributed by atoms with Crippen molar-refractivity contribution in [2.75, 3.05) is 6.54 Å². The van der Waals surface area contributed by atoms with E-state index >= 15 is 0 Å². The highest BCUT2D eigenvalue weighted by Gasteiger charge is 2.25. The molecule has 0 fully saturated rings. The third-order valence-corrected chi connectivity index (χ3v) is 4.62. The van der Waals surface area contributed by atoms with E-state index in [9.17, 15) is 4.79 Å². The van der Waals surface area contributed by atoms with Crippen LogP contribution < -0.4 is 0 Å². The molecule has 1 aromatic carbocycles. The number of thiazole rings is 1. The summed E-state index contributed by atoms with van der Waals surface area (Å²) in [6.07, 6.45) is 2.39. The number of hydrogen-bond donors (Lipinski definition) is 0. The number of benzene rings is 1. The Hall–Kier alpha value is -2.47. The van der Waals surface area contributed by atoms with Crippen molar-refractivity contribution in [1.82, 2.24) is 15.0 Å². The summed E-state index contributed by atoms with van der Waals surface area (Å²) in [4.78, 5) is 18.9. The fourth-order valence-corrected chi connectivity index (χ4v) is 3.36.